The second-order valence-corrected chi connectivity index (χ2v) is 6.34. The maximum atomic E-state index is 12.6. The molecule has 1 rings (SSSR count). The average Bonchev–Trinajstić information content (AvgIpc) is 2.49. The van der Waals surface area contributed by atoms with E-state index in [-0.39, 0.29) is 13.0 Å². The van der Waals surface area contributed by atoms with Crippen molar-refractivity contribution in [1.29, 1.82) is 5.26 Å². The van der Waals surface area contributed by atoms with E-state index in [0.717, 1.165) is 23.1 Å². The third-order valence-electron chi connectivity index (χ3n) is 2.87. The molecule has 10 heteroatoms. The molecular formula is C13H14F3N3O3S. The van der Waals surface area contributed by atoms with Gasteiger partial charge in [0.15, 0.2) is 0 Å². The van der Waals surface area contributed by atoms with Crippen molar-refractivity contribution in [2.45, 2.75) is 17.5 Å². The maximum absolute atomic E-state index is 12.6. The lowest BCUT2D eigenvalue weighted by Crippen LogP contribution is -2.38. The Balaban J connectivity index is 2.81. The summed E-state index contributed by atoms with van der Waals surface area (Å²) in [6.07, 6.45) is -4.58. The van der Waals surface area contributed by atoms with Crippen LogP contribution in [0.1, 0.15) is 12.0 Å². The van der Waals surface area contributed by atoms with Crippen molar-refractivity contribution in [2.75, 3.05) is 20.1 Å². The van der Waals surface area contributed by atoms with Gasteiger partial charge in [-0.15, -0.1) is 0 Å². The zero-order valence-electron chi connectivity index (χ0n) is 12.1. The van der Waals surface area contributed by atoms with Crippen molar-refractivity contribution in [3.63, 3.8) is 0 Å². The third-order valence-corrected chi connectivity index (χ3v) is 4.27. The SMILES string of the molecule is CN(CCC#N)C(=O)CNS(=O)(=O)c1cccc(C(F)(F)F)c1. The van der Waals surface area contributed by atoms with Crippen LogP contribution < -0.4 is 4.72 Å². The number of nitrogens with one attached hydrogen (secondary N) is 1. The molecule has 1 amide bonds. The van der Waals surface area contributed by atoms with Gasteiger partial charge in [0.1, 0.15) is 0 Å². The van der Waals surface area contributed by atoms with Crippen LogP contribution in [0.3, 0.4) is 0 Å². The second-order valence-electron chi connectivity index (χ2n) is 4.57. The van der Waals surface area contributed by atoms with Crippen LogP contribution in [0.15, 0.2) is 29.2 Å². The molecule has 0 heterocycles. The van der Waals surface area contributed by atoms with Gasteiger partial charge in [-0.2, -0.15) is 18.4 Å². The first-order valence-corrected chi connectivity index (χ1v) is 7.84. The fraction of sp³-hybridized carbons (Fsp3) is 0.385. The summed E-state index contributed by atoms with van der Waals surface area (Å²) in [4.78, 5) is 12.2. The Bertz CT molecular complexity index is 711. The molecule has 0 unspecified atom stereocenters. The number of hydrogen-bond acceptors (Lipinski definition) is 4. The summed E-state index contributed by atoms with van der Waals surface area (Å²) < 4.78 is 63.6. The van der Waals surface area contributed by atoms with E-state index in [1.807, 2.05) is 10.8 Å². The second kappa shape index (κ2) is 7.43. The predicted octanol–water partition coefficient (Wildman–Crippen LogP) is 1.36. The molecule has 0 aliphatic heterocycles. The highest BCUT2D eigenvalue weighted by Crippen LogP contribution is 2.30. The Kier molecular flexibility index (Phi) is 6.12. The van der Waals surface area contributed by atoms with Crippen LogP contribution in [-0.2, 0) is 21.0 Å². The molecule has 0 aliphatic rings. The maximum Gasteiger partial charge on any atom is 0.416 e. The fourth-order valence-corrected chi connectivity index (χ4v) is 2.58. The van der Waals surface area contributed by atoms with Gasteiger partial charge >= 0.3 is 6.18 Å². The summed E-state index contributed by atoms with van der Waals surface area (Å²) in [6, 6.07) is 5.05. The minimum atomic E-state index is -4.67. The van der Waals surface area contributed by atoms with Crippen LogP contribution >= 0.6 is 0 Å². The highest BCUT2D eigenvalue weighted by atomic mass is 32.2. The van der Waals surface area contributed by atoms with Gasteiger partial charge in [0.05, 0.1) is 29.5 Å². The first-order valence-electron chi connectivity index (χ1n) is 6.36. The Hall–Kier alpha value is -2.12. The van der Waals surface area contributed by atoms with Crippen molar-refractivity contribution < 1.29 is 26.4 Å². The summed E-state index contributed by atoms with van der Waals surface area (Å²) in [5.41, 5.74) is -1.10. The summed E-state index contributed by atoms with van der Waals surface area (Å²) in [6.45, 7) is -0.485. The minimum Gasteiger partial charge on any atom is -0.344 e. The van der Waals surface area contributed by atoms with Gasteiger partial charge in [0.2, 0.25) is 15.9 Å². The first kappa shape index (κ1) is 18.9. The van der Waals surface area contributed by atoms with Crippen LogP contribution in [0.5, 0.6) is 0 Å². The lowest BCUT2D eigenvalue weighted by molar-refractivity contribution is -0.137. The van der Waals surface area contributed by atoms with Crippen LogP contribution in [0.4, 0.5) is 13.2 Å². The van der Waals surface area contributed by atoms with E-state index >= 15 is 0 Å². The number of alkyl halides is 3. The van der Waals surface area contributed by atoms with E-state index in [4.69, 9.17) is 5.26 Å². The molecule has 0 bridgehead atoms. The number of nitrogens with zero attached hydrogens (tertiary/aromatic N) is 2. The number of benzene rings is 1. The third kappa shape index (κ3) is 5.54. The molecule has 0 saturated carbocycles. The number of sulfonamides is 1. The quantitative estimate of drug-likeness (QED) is 0.839. The van der Waals surface area contributed by atoms with E-state index in [0.29, 0.717) is 6.07 Å². The van der Waals surface area contributed by atoms with Crippen LogP contribution in [-0.4, -0.2) is 39.4 Å². The number of hydrogen-bond donors (Lipinski definition) is 1. The molecule has 126 valence electrons. The summed E-state index contributed by atoms with van der Waals surface area (Å²) >= 11 is 0. The first-order chi connectivity index (χ1) is 10.6. The van der Waals surface area contributed by atoms with E-state index in [9.17, 15) is 26.4 Å². The molecule has 0 spiro atoms. The highest BCUT2D eigenvalue weighted by Gasteiger charge is 2.31. The normalized spacial score (nSPS) is 11.8. The van der Waals surface area contributed by atoms with E-state index in [1.165, 1.54) is 7.05 Å². The van der Waals surface area contributed by atoms with Crippen molar-refractivity contribution >= 4 is 15.9 Å². The number of likely N-dealkylation sites (N-methyl/N-ethyl adjacent to an activating group) is 1. The number of carbonyl (C=O) groups is 1. The molecule has 0 aliphatic carbocycles. The summed E-state index contributed by atoms with van der Waals surface area (Å²) in [5.74, 6) is -0.601. The number of halogens is 3. The molecule has 23 heavy (non-hydrogen) atoms. The molecule has 0 saturated heterocycles. The smallest absolute Gasteiger partial charge is 0.344 e. The molecular weight excluding hydrogens is 335 g/mol. The molecule has 0 atom stereocenters. The van der Waals surface area contributed by atoms with Crippen LogP contribution in [0, 0.1) is 11.3 Å². The number of nitriles is 1. The molecule has 1 N–H and O–H groups in total. The standard InChI is InChI=1S/C13H14F3N3O3S/c1-19(7-3-6-17)12(20)9-18-23(21,22)11-5-2-4-10(8-11)13(14,15)16/h2,4-5,8,18H,3,7,9H2,1H3. The van der Waals surface area contributed by atoms with Gasteiger partial charge in [0, 0.05) is 13.6 Å². The van der Waals surface area contributed by atoms with Gasteiger partial charge < -0.3 is 4.90 Å². The molecule has 0 aromatic heterocycles. The molecule has 6 nitrogen and oxygen atoms in total. The molecule has 1 aromatic carbocycles. The number of carbonyl (C=O) groups excluding carboxylic acids is 1. The molecule has 0 fully saturated rings. The van der Waals surface area contributed by atoms with Gasteiger partial charge in [-0.1, -0.05) is 6.07 Å². The van der Waals surface area contributed by atoms with E-state index in [1.54, 1.807) is 0 Å². The molecule has 0 radical (unpaired) electrons. The van der Waals surface area contributed by atoms with Gasteiger partial charge in [-0.3, -0.25) is 4.79 Å². The van der Waals surface area contributed by atoms with E-state index < -0.39 is 39.1 Å². The number of amides is 1. The van der Waals surface area contributed by atoms with E-state index in [2.05, 4.69) is 0 Å². The topological polar surface area (TPSA) is 90.3 Å². The van der Waals surface area contributed by atoms with Crippen LogP contribution in [0.25, 0.3) is 0 Å². The summed E-state index contributed by atoms with van der Waals surface area (Å²) in [7, 11) is -2.87. The molecule has 1 aromatic rings. The zero-order valence-corrected chi connectivity index (χ0v) is 12.9. The lowest BCUT2D eigenvalue weighted by Gasteiger charge is -2.16. The Morgan fingerprint density at radius 3 is 2.61 bits per heavy atom. The van der Waals surface area contributed by atoms with Crippen LogP contribution in [0.2, 0.25) is 0 Å². The van der Waals surface area contributed by atoms with Crippen molar-refractivity contribution in [3.8, 4) is 6.07 Å². The largest absolute Gasteiger partial charge is 0.416 e. The summed E-state index contributed by atoms with van der Waals surface area (Å²) in [5, 5.41) is 8.41. The fourth-order valence-electron chi connectivity index (χ4n) is 1.56. The monoisotopic (exact) mass is 349 g/mol. The predicted molar refractivity (Wildman–Crippen MR) is 74.5 cm³/mol. The van der Waals surface area contributed by atoms with Gasteiger partial charge in [0.25, 0.3) is 0 Å². The minimum absolute atomic E-state index is 0.0859. The highest BCUT2D eigenvalue weighted by molar-refractivity contribution is 7.89. The Labute approximate surface area is 131 Å². The average molecular weight is 349 g/mol. The Morgan fingerprint density at radius 1 is 1.39 bits per heavy atom. The Morgan fingerprint density at radius 2 is 2.04 bits per heavy atom. The lowest BCUT2D eigenvalue weighted by atomic mass is 10.2. The van der Waals surface area contributed by atoms with Crippen molar-refractivity contribution in [1.82, 2.24) is 9.62 Å². The van der Waals surface area contributed by atoms with Gasteiger partial charge in [-0.05, 0) is 18.2 Å². The zero-order chi connectivity index (χ0) is 17.7. The van der Waals surface area contributed by atoms with Crippen molar-refractivity contribution in [3.05, 3.63) is 29.8 Å². The number of rotatable bonds is 6. The van der Waals surface area contributed by atoms with Gasteiger partial charge in [-0.25, -0.2) is 13.1 Å². The van der Waals surface area contributed by atoms with Crippen molar-refractivity contribution in [2.24, 2.45) is 0 Å².